The van der Waals surface area contributed by atoms with Gasteiger partial charge in [0.05, 0.1) is 0 Å². The number of hydrogen-bond donors (Lipinski definition) is 1. The monoisotopic (exact) mass is 357 g/mol. The molecule has 19 heavy (non-hydrogen) atoms. The number of hydrogen-bond acceptors (Lipinski definition) is 3. The third kappa shape index (κ3) is 3.93. The Morgan fingerprint density at radius 2 is 2.16 bits per heavy atom. The lowest BCUT2D eigenvalue weighted by Crippen LogP contribution is -2.43. The second-order valence-electron chi connectivity index (χ2n) is 5.40. The predicted octanol–water partition coefficient (Wildman–Crippen LogP) is 4.13. The molecule has 1 aromatic carbocycles. The Labute approximate surface area is 132 Å². The van der Waals surface area contributed by atoms with Crippen molar-refractivity contribution in [3.8, 4) is 0 Å². The summed E-state index contributed by atoms with van der Waals surface area (Å²) in [6, 6.07) is 9.54. The Kier molecular flexibility index (Phi) is 5.18. The first-order chi connectivity index (χ1) is 9.31. The van der Waals surface area contributed by atoms with Gasteiger partial charge in [0.25, 0.3) is 0 Å². The minimum atomic E-state index is 0.747. The molecule has 1 heterocycles. The van der Waals surface area contributed by atoms with Crippen molar-refractivity contribution in [2.75, 3.05) is 23.8 Å². The Morgan fingerprint density at radius 1 is 1.26 bits per heavy atom. The molecule has 1 aliphatic carbocycles. The van der Waals surface area contributed by atoms with Crippen molar-refractivity contribution in [1.29, 1.82) is 0 Å². The Balaban J connectivity index is 1.40. The second kappa shape index (κ2) is 6.88. The summed E-state index contributed by atoms with van der Waals surface area (Å²) in [7, 11) is 0. The van der Waals surface area contributed by atoms with Crippen LogP contribution in [0.4, 0.5) is 0 Å². The fourth-order valence-electron chi connectivity index (χ4n) is 2.77. The van der Waals surface area contributed by atoms with Crippen molar-refractivity contribution in [3.05, 3.63) is 34.3 Å². The minimum Gasteiger partial charge on any atom is -0.313 e. The SMILES string of the molecule is Brc1cccc(C2CC(NCC3CSCCS3)C2)c1. The highest BCUT2D eigenvalue weighted by Crippen LogP contribution is 2.37. The first kappa shape index (κ1) is 14.3. The first-order valence-electron chi connectivity index (χ1n) is 6.99. The maximum absolute atomic E-state index is 3.76. The average molecular weight is 358 g/mol. The Morgan fingerprint density at radius 3 is 2.89 bits per heavy atom. The van der Waals surface area contributed by atoms with Gasteiger partial charge in [-0.15, -0.1) is 0 Å². The molecule has 1 atom stereocenters. The van der Waals surface area contributed by atoms with E-state index >= 15 is 0 Å². The molecule has 0 radical (unpaired) electrons. The summed E-state index contributed by atoms with van der Waals surface area (Å²) in [6.07, 6.45) is 2.61. The van der Waals surface area contributed by atoms with Crippen LogP contribution < -0.4 is 5.32 Å². The van der Waals surface area contributed by atoms with Gasteiger partial charge in [-0.1, -0.05) is 28.1 Å². The van der Waals surface area contributed by atoms with Gasteiger partial charge in [0, 0.05) is 39.6 Å². The van der Waals surface area contributed by atoms with Crippen molar-refractivity contribution >= 4 is 39.5 Å². The van der Waals surface area contributed by atoms with Crippen LogP contribution in [0.5, 0.6) is 0 Å². The number of nitrogens with one attached hydrogen (secondary N) is 1. The number of thioether (sulfide) groups is 2. The van der Waals surface area contributed by atoms with Crippen LogP contribution in [0.1, 0.15) is 24.3 Å². The van der Waals surface area contributed by atoms with Gasteiger partial charge in [0.2, 0.25) is 0 Å². The van der Waals surface area contributed by atoms with Gasteiger partial charge in [-0.3, -0.25) is 0 Å². The summed E-state index contributed by atoms with van der Waals surface area (Å²) < 4.78 is 1.21. The molecular weight excluding hydrogens is 338 g/mol. The van der Waals surface area contributed by atoms with Crippen molar-refractivity contribution in [1.82, 2.24) is 5.32 Å². The van der Waals surface area contributed by atoms with Crippen LogP contribution in [0, 0.1) is 0 Å². The highest BCUT2D eigenvalue weighted by atomic mass is 79.9. The van der Waals surface area contributed by atoms with E-state index in [1.807, 2.05) is 0 Å². The predicted molar refractivity (Wildman–Crippen MR) is 91.5 cm³/mol. The molecule has 1 aliphatic heterocycles. The molecule has 0 bridgehead atoms. The van der Waals surface area contributed by atoms with E-state index in [-0.39, 0.29) is 0 Å². The maximum atomic E-state index is 3.76. The van der Waals surface area contributed by atoms with Gasteiger partial charge in [-0.25, -0.2) is 0 Å². The molecule has 1 aromatic rings. The highest BCUT2D eigenvalue weighted by Gasteiger charge is 2.30. The summed E-state index contributed by atoms with van der Waals surface area (Å²) in [5.41, 5.74) is 1.50. The number of rotatable bonds is 4. The lowest BCUT2D eigenvalue weighted by molar-refractivity contribution is 0.293. The van der Waals surface area contributed by atoms with Crippen molar-refractivity contribution in [2.24, 2.45) is 0 Å². The average Bonchev–Trinajstić information content (AvgIpc) is 2.38. The summed E-state index contributed by atoms with van der Waals surface area (Å²) in [5, 5.41) is 4.59. The van der Waals surface area contributed by atoms with Gasteiger partial charge in [0.1, 0.15) is 0 Å². The fourth-order valence-corrected chi connectivity index (χ4v) is 5.81. The van der Waals surface area contributed by atoms with Gasteiger partial charge < -0.3 is 5.32 Å². The summed E-state index contributed by atoms with van der Waals surface area (Å²) in [6.45, 7) is 1.20. The first-order valence-corrected chi connectivity index (χ1v) is 9.99. The molecule has 2 aliphatic rings. The van der Waals surface area contributed by atoms with E-state index in [1.54, 1.807) is 0 Å². The van der Waals surface area contributed by atoms with E-state index < -0.39 is 0 Å². The van der Waals surface area contributed by atoms with E-state index in [1.165, 1.54) is 46.7 Å². The summed E-state index contributed by atoms with van der Waals surface area (Å²) in [5.74, 6) is 4.78. The Bertz CT molecular complexity index is 414. The third-order valence-electron chi connectivity index (χ3n) is 3.98. The van der Waals surface area contributed by atoms with Crippen molar-refractivity contribution in [2.45, 2.75) is 30.1 Å². The molecule has 104 valence electrons. The van der Waals surface area contributed by atoms with Crippen LogP contribution in [0.25, 0.3) is 0 Å². The van der Waals surface area contributed by atoms with Gasteiger partial charge in [0.15, 0.2) is 0 Å². The largest absolute Gasteiger partial charge is 0.313 e. The standard InChI is InChI=1S/C15H20BrNS2/c16-13-3-1-2-11(6-13)12-7-14(8-12)17-9-15-10-18-4-5-19-15/h1-3,6,12,14-15,17H,4-5,7-10H2. The van der Waals surface area contributed by atoms with Crippen LogP contribution >= 0.6 is 39.5 Å². The van der Waals surface area contributed by atoms with Gasteiger partial charge in [-0.05, 0) is 36.5 Å². The molecule has 1 saturated heterocycles. The van der Waals surface area contributed by atoms with Crippen LogP contribution in [-0.4, -0.2) is 35.1 Å². The van der Waals surface area contributed by atoms with Crippen LogP contribution in [-0.2, 0) is 0 Å². The molecule has 1 saturated carbocycles. The zero-order chi connectivity index (χ0) is 13.1. The quantitative estimate of drug-likeness (QED) is 0.869. The Hall–Kier alpha value is 0.360. The maximum Gasteiger partial charge on any atom is 0.0263 e. The number of halogens is 1. The van der Waals surface area contributed by atoms with Crippen LogP contribution in [0.2, 0.25) is 0 Å². The van der Waals surface area contributed by atoms with Crippen LogP contribution in [0.3, 0.4) is 0 Å². The molecule has 1 nitrogen and oxygen atoms in total. The smallest absolute Gasteiger partial charge is 0.0263 e. The normalized spacial score (nSPS) is 30.9. The minimum absolute atomic E-state index is 0.747. The fraction of sp³-hybridized carbons (Fsp3) is 0.600. The van der Waals surface area contributed by atoms with Gasteiger partial charge >= 0.3 is 0 Å². The molecular formula is C15H20BrNS2. The van der Waals surface area contributed by atoms with E-state index in [4.69, 9.17) is 0 Å². The van der Waals surface area contributed by atoms with Gasteiger partial charge in [-0.2, -0.15) is 23.5 Å². The highest BCUT2D eigenvalue weighted by molar-refractivity contribution is 9.10. The summed E-state index contributed by atoms with van der Waals surface area (Å²) in [4.78, 5) is 0. The van der Waals surface area contributed by atoms with E-state index in [0.29, 0.717) is 0 Å². The van der Waals surface area contributed by atoms with Crippen LogP contribution in [0.15, 0.2) is 28.7 Å². The third-order valence-corrected chi connectivity index (χ3v) is 7.32. The molecule has 0 amide bonds. The second-order valence-corrected chi connectivity index (χ2v) is 8.87. The lowest BCUT2D eigenvalue weighted by atomic mass is 9.76. The summed E-state index contributed by atoms with van der Waals surface area (Å²) >= 11 is 7.82. The zero-order valence-corrected chi connectivity index (χ0v) is 14.2. The molecule has 3 rings (SSSR count). The molecule has 1 unspecified atom stereocenters. The van der Waals surface area contributed by atoms with E-state index in [9.17, 15) is 0 Å². The van der Waals surface area contributed by atoms with Crippen molar-refractivity contribution in [3.63, 3.8) is 0 Å². The molecule has 0 spiro atoms. The topological polar surface area (TPSA) is 12.0 Å². The van der Waals surface area contributed by atoms with E-state index in [2.05, 4.69) is 69.0 Å². The van der Waals surface area contributed by atoms with E-state index in [0.717, 1.165) is 17.2 Å². The molecule has 4 heteroatoms. The van der Waals surface area contributed by atoms with Crippen molar-refractivity contribution < 1.29 is 0 Å². The number of benzene rings is 1. The molecule has 1 N–H and O–H groups in total. The lowest BCUT2D eigenvalue weighted by Gasteiger charge is -2.37. The molecule has 0 aromatic heterocycles. The molecule has 2 fully saturated rings. The zero-order valence-electron chi connectivity index (χ0n) is 11.0.